The summed E-state index contributed by atoms with van der Waals surface area (Å²) in [6, 6.07) is 3.64. The van der Waals surface area contributed by atoms with Crippen LogP contribution in [-0.4, -0.2) is 26.1 Å². The van der Waals surface area contributed by atoms with Crippen LogP contribution in [0, 0.1) is 17.7 Å². The largest absolute Gasteiger partial charge is 0.358 e. The van der Waals surface area contributed by atoms with Crippen molar-refractivity contribution in [1.29, 1.82) is 0 Å². The van der Waals surface area contributed by atoms with E-state index in [9.17, 15) is 13.2 Å². The lowest BCUT2D eigenvalue weighted by molar-refractivity contribution is 0.0592. The zero-order valence-corrected chi connectivity index (χ0v) is 12.3. The Morgan fingerprint density at radius 1 is 1.21 bits per heavy atom. The van der Waals surface area contributed by atoms with Crippen LogP contribution >= 0.6 is 0 Å². The van der Waals surface area contributed by atoms with Crippen LogP contribution in [0.1, 0.15) is 19.1 Å². The Bertz CT molecular complexity index is 908. The van der Waals surface area contributed by atoms with Crippen molar-refractivity contribution in [2.75, 3.05) is 11.9 Å². The maximum Gasteiger partial charge on any atom is 0.312 e. The van der Waals surface area contributed by atoms with Crippen molar-refractivity contribution in [2.45, 2.75) is 19.1 Å². The molecular formula is C15H12F3N5O. The summed E-state index contributed by atoms with van der Waals surface area (Å²) < 4.78 is 48.1. The first-order chi connectivity index (χ1) is 11.6. The van der Waals surface area contributed by atoms with Gasteiger partial charge in [-0.15, -0.1) is 0 Å². The van der Waals surface area contributed by atoms with Crippen LogP contribution in [0.5, 0.6) is 0 Å². The molecule has 0 spiro atoms. The fraction of sp³-hybridized carbons (Fsp3) is 0.267. The summed E-state index contributed by atoms with van der Waals surface area (Å²) in [5, 5.41) is 2.58. The summed E-state index contributed by atoms with van der Waals surface area (Å²) in [7, 11) is 0. The van der Waals surface area contributed by atoms with Crippen molar-refractivity contribution in [3.8, 4) is 0 Å². The second kappa shape index (κ2) is 5.75. The number of halogens is 3. The minimum absolute atomic E-state index is 0.0428. The first-order valence-electron chi connectivity index (χ1n) is 7.36. The minimum Gasteiger partial charge on any atom is -0.358 e. The molecule has 1 saturated heterocycles. The average Bonchev–Trinajstić information content (AvgIpc) is 3.20. The predicted octanol–water partition coefficient (Wildman–Crippen LogP) is 3.30. The van der Waals surface area contributed by atoms with E-state index < -0.39 is 17.7 Å². The van der Waals surface area contributed by atoms with Gasteiger partial charge in [-0.2, -0.15) is 14.4 Å². The molecule has 9 heteroatoms. The summed E-state index contributed by atoms with van der Waals surface area (Å²) in [4.78, 5) is 11.5. The zero-order valence-electron chi connectivity index (χ0n) is 12.3. The lowest BCUT2D eigenvalue weighted by Gasteiger charge is -2.12. The Labute approximate surface area is 134 Å². The smallest absolute Gasteiger partial charge is 0.312 e. The van der Waals surface area contributed by atoms with Crippen molar-refractivity contribution in [1.82, 2.24) is 19.5 Å². The summed E-state index contributed by atoms with van der Waals surface area (Å²) in [5.74, 6) is -2.14. The fourth-order valence-electron chi connectivity index (χ4n) is 2.70. The number of ether oxygens (including phenoxy) is 1. The molecule has 0 amide bonds. The highest BCUT2D eigenvalue weighted by molar-refractivity contribution is 5.85. The van der Waals surface area contributed by atoms with Gasteiger partial charge in [-0.1, -0.05) is 6.07 Å². The third-order valence-corrected chi connectivity index (χ3v) is 3.81. The Morgan fingerprint density at radius 3 is 2.88 bits per heavy atom. The molecule has 24 heavy (non-hydrogen) atoms. The molecule has 6 nitrogen and oxygen atoms in total. The number of anilines is 2. The van der Waals surface area contributed by atoms with Crippen molar-refractivity contribution >= 4 is 22.7 Å². The number of aromatic nitrogens is 4. The normalized spacial score (nSPS) is 17.5. The first-order valence-corrected chi connectivity index (χ1v) is 7.36. The van der Waals surface area contributed by atoms with Crippen LogP contribution in [0.15, 0.2) is 24.5 Å². The molecule has 0 radical (unpaired) electrons. The van der Waals surface area contributed by atoms with Crippen LogP contribution in [0.2, 0.25) is 0 Å². The standard InChI is InChI=1S/C15H12F3N5O/c16-8-3-1-4-9(11(8)17)20-13-12-14(22-15(18)21-13)23(7-19-12)10-5-2-6-24-10/h1,3-4,7,10H,2,5-6H2,(H,20,21,22). The molecule has 1 fully saturated rings. The molecule has 0 saturated carbocycles. The molecule has 1 aliphatic rings. The number of hydrogen-bond donors (Lipinski definition) is 1. The maximum absolute atomic E-state index is 13.8. The molecule has 3 heterocycles. The number of benzene rings is 1. The van der Waals surface area contributed by atoms with E-state index in [2.05, 4.69) is 20.3 Å². The Kier molecular flexibility index (Phi) is 3.57. The molecule has 4 rings (SSSR count). The van der Waals surface area contributed by atoms with Crippen molar-refractivity contribution < 1.29 is 17.9 Å². The average molecular weight is 335 g/mol. The third-order valence-electron chi connectivity index (χ3n) is 3.81. The molecule has 1 N–H and O–H groups in total. The SMILES string of the molecule is Fc1nc(Nc2cccc(F)c2F)c2ncn(C3CCCO3)c2n1. The Balaban J connectivity index is 1.79. The van der Waals surface area contributed by atoms with E-state index in [0.29, 0.717) is 6.61 Å². The molecule has 1 aromatic carbocycles. The lowest BCUT2D eigenvalue weighted by atomic mass is 10.3. The lowest BCUT2D eigenvalue weighted by Crippen LogP contribution is -2.08. The molecule has 2 aromatic heterocycles. The molecule has 1 unspecified atom stereocenters. The van der Waals surface area contributed by atoms with Gasteiger partial charge in [0.1, 0.15) is 6.23 Å². The zero-order chi connectivity index (χ0) is 16.7. The van der Waals surface area contributed by atoms with Crippen molar-refractivity contribution in [3.05, 3.63) is 42.2 Å². The highest BCUT2D eigenvalue weighted by Crippen LogP contribution is 2.29. The van der Waals surface area contributed by atoms with E-state index in [4.69, 9.17) is 4.74 Å². The van der Waals surface area contributed by atoms with Crippen molar-refractivity contribution in [3.63, 3.8) is 0 Å². The van der Waals surface area contributed by atoms with E-state index in [0.717, 1.165) is 18.9 Å². The topological polar surface area (TPSA) is 64.9 Å². The van der Waals surface area contributed by atoms with E-state index >= 15 is 0 Å². The van der Waals surface area contributed by atoms with E-state index in [1.54, 1.807) is 4.57 Å². The van der Waals surface area contributed by atoms with Gasteiger partial charge in [0.25, 0.3) is 0 Å². The van der Waals surface area contributed by atoms with Gasteiger partial charge in [-0.25, -0.2) is 13.8 Å². The number of nitrogens with zero attached hydrogens (tertiary/aromatic N) is 4. The summed E-state index contributed by atoms with van der Waals surface area (Å²) in [6.07, 6.45) is 1.85. The minimum atomic E-state index is -1.08. The van der Waals surface area contributed by atoms with Gasteiger partial charge in [0.05, 0.1) is 12.0 Å². The number of nitrogens with one attached hydrogen (secondary N) is 1. The molecule has 0 bridgehead atoms. The van der Waals surface area contributed by atoms with Gasteiger partial charge in [0, 0.05) is 6.61 Å². The maximum atomic E-state index is 13.8. The van der Waals surface area contributed by atoms with Gasteiger partial charge in [-0.05, 0) is 25.0 Å². The third kappa shape index (κ3) is 2.46. The fourth-order valence-corrected chi connectivity index (χ4v) is 2.70. The quantitative estimate of drug-likeness (QED) is 0.744. The monoisotopic (exact) mass is 335 g/mol. The van der Waals surface area contributed by atoms with Crippen LogP contribution in [-0.2, 0) is 4.74 Å². The molecule has 0 aliphatic carbocycles. The second-order valence-corrected chi connectivity index (χ2v) is 5.36. The summed E-state index contributed by atoms with van der Waals surface area (Å²) in [5.41, 5.74) is 0.310. The number of rotatable bonds is 3. The van der Waals surface area contributed by atoms with Crippen LogP contribution < -0.4 is 5.32 Å². The number of fused-ring (bicyclic) bond motifs is 1. The number of hydrogen-bond acceptors (Lipinski definition) is 5. The van der Waals surface area contributed by atoms with Crippen LogP contribution in [0.3, 0.4) is 0 Å². The first kappa shape index (κ1) is 14.9. The van der Waals surface area contributed by atoms with E-state index in [1.165, 1.54) is 18.5 Å². The van der Waals surface area contributed by atoms with Gasteiger partial charge >= 0.3 is 6.08 Å². The van der Waals surface area contributed by atoms with Gasteiger partial charge in [0.15, 0.2) is 28.6 Å². The molecule has 1 aliphatic heterocycles. The molecular weight excluding hydrogens is 323 g/mol. The molecule has 3 aromatic rings. The van der Waals surface area contributed by atoms with Crippen LogP contribution in [0.25, 0.3) is 11.2 Å². The highest BCUT2D eigenvalue weighted by atomic mass is 19.2. The molecule has 1 atom stereocenters. The Morgan fingerprint density at radius 2 is 2.08 bits per heavy atom. The molecule has 124 valence electrons. The van der Waals surface area contributed by atoms with E-state index in [1.807, 2.05) is 0 Å². The van der Waals surface area contributed by atoms with Crippen molar-refractivity contribution in [2.24, 2.45) is 0 Å². The van der Waals surface area contributed by atoms with Crippen LogP contribution in [0.4, 0.5) is 24.7 Å². The Hall–Kier alpha value is -2.68. The summed E-state index contributed by atoms with van der Waals surface area (Å²) in [6.45, 7) is 0.609. The number of imidazole rings is 1. The summed E-state index contributed by atoms with van der Waals surface area (Å²) >= 11 is 0. The van der Waals surface area contributed by atoms with E-state index in [-0.39, 0.29) is 28.9 Å². The second-order valence-electron chi connectivity index (χ2n) is 5.36. The van der Waals surface area contributed by atoms with Gasteiger partial charge in [-0.3, -0.25) is 4.57 Å². The predicted molar refractivity (Wildman–Crippen MR) is 79.1 cm³/mol. The highest BCUT2D eigenvalue weighted by Gasteiger charge is 2.23. The van der Waals surface area contributed by atoms with Gasteiger partial charge < -0.3 is 10.1 Å². The van der Waals surface area contributed by atoms with Gasteiger partial charge in [0.2, 0.25) is 0 Å².